The van der Waals surface area contributed by atoms with Gasteiger partial charge in [-0.1, -0.05) is 30.7 Å². The topological polar surface area (TPSA) is 12.0 Å². The van der Waals surface area contributed by atoms with E-state index in [1.165, 1.54) is 37.3 Å². The predicted octanol–water partition coefficient (Wildman–Crippen LogP) is 3.33. The van der Waals surface area contributed by atoms with Gasteiger partial charge in [-0.05, 0) is 30.5 Å². The van der Waals surface area contributed by atoms with Crippen LogP contribution in [-0.4, -0.2) is 18.1 Å². The Bertz CT molecular complexity index is 354. The van der Waals surface area contributed by atoms with Crippen molar-refractivity contribution in [2.75, 3.05) is 18.1 Å². The Balaban J connectivity index is 1.86. The molecule has 1 unspecified atom stereocenters. The Labute approximate surface area is 102 Å². The van der Waals surface area contributed by atoms with Gasteiger partial charge in [-0.15, -0.1) is 0 Å². The first-order chi connectivity index (χ1) is 7.95. The lowest BCUT2D eigenvalue weighted by atomic mass is 9.88. The molecular formula is C14H19NS. The number of benzene rings is 1. The van der Waals surface area contributed by atoms with Crippen molar-refractivity contribution < 1.29 is 0 Å². The standard InChI is InChI=1S/C14H19NS/c1-2-6-13(14-7-3-4-8-15-14)12(5-1)11-9-16-10-11/h1-2,5-6,11,14-15H,3-4,7-10H2. The maximum atomic E-state index is 3.67. The molecule has 0 bridgehead atoms. The molecule has 0 aliphatic carbocycles. The summed E-state index contributed by atoms with van der Waals surface area (Å²) in [5, 5.41) is 3.67. The number of piperidine rings is 1. The number of rotatable bonds is 2. The molecule has 1 nitrogen and oxygen atoms in total. The first kappa shape index (κ1) is 10.7. The highest BCUT2D eigenvalue weighted by Gasteiger charge is 2.25. The van der Waals surface area contributed by atoms with Gasteiger partial charge in [0.05, 0.1) is 0 Å². The molecule has 2 saturated heterocycles. The van der Waals surface area contributed by atoms with Crippen LogP contribution in [0.1, 0.15) is 42.3 Å². The lowest BCUT2D eigenvalue weighted by Gasteiger charge is -2.32. The third-order valence-electron chi connectivity index (χ3n) is 3.76. The largest absolute Gasteiger partial charge is 0.310 e. The minimum Gasteiger partial charge on any atom is -0.310 e. The van der Waals surface area contributed by atoms with Gasteiger partial charge in [0.1, 0.15) is 0 Å². The van der Waals surface area contributed by atoms with E-state index in [4.69, 9.17) is 0 Å². The van der Waals surface area contributed by atoms with Crippen LogP contribution in [-0.2, 0) is 0 Å². The van der Waals surface area contributed by atoms with E-state index >= 15 is 0 Å². The summed E-state index contributed by atoms with van der Waals surface area (Å²) in [5.74, 6) is 3.47. The van der Waals surface area contributed by atoms with Gasteiger partial charge < -0.3 is 5.32 Å². The lowest BCUT2D eigenvalue weighted by Crippen LogP contribution is -2.29. The number of thioether (sulfide) groups is 1. The van der Waals surface area contributed by atoms with E-state index in [-0.39, 0.29) is 0 Å². The Morgan fingerprint density at radius 2 is 1.88 bits per heavy atom. The average molecular weight is 233 g/mol. The summed E-state index contributed by atoms with van der Waals surface area (Å²) >= 11 is 2.07. The summed E-state index contributed by atoms with van der Waals surface area (Å²) in [4.78, 5) is 0. The fourth-order valence-electron chi connectivity index (χ4n) is 2.73. The first-order valence-electron chi connectivity index (χ1n) is 6.35. The highest BCUT2D eigenvalue weighted by molar-refractivity contribution is 8.00. The molecule has 0 saturated carbocycles. The zero-order valence-corrected chi connectivity index (χ0v) is 10.4. The van der Waals surface area contributed by atoms with E-state index in [0.717, 1.165) is 5.92 Å². The van der Waals surface area contributed by atoms with Gasteiger partial charge in [-0.25, -0.2) is 0 Å². The van der Waals surface area contributed by atoms with Crippen LogP contribution in [0.4, 0.5) is 0 Å². The average Bonchev–Trinajstić information content (AvgIpc) is 2.29. The highest BCUT2D eigenvalue weighted by Crippen LogP contribution is 2.38. The summed E-state index contributed by atoms with van der Waals surface area (Å²) in [6.07, 6.45) is 4.04. The van der Waals surface area contributed by atoms with Gasteiger partial charge in [-0.2, -0.15) is 11.8 Å². The van der Waals surface area contributed by atoms with Crippen LogP contribution in [0.2, 0.25) is 0 Å². The van der Waals surface area contributed by atoms with Crippen LogP contribution in [0.3, 0.4) is 0 Å². The second kappa shape index (κ2) is 4.80. The van der Waals surface area contributed by atoms with E-state index in [1.54, 1.807) is 11.1 Å². The van der Waals surface area contributed by atoms with Crippen LogP contribution >= 0.6 is 11.8 Å². The molecule has 0 radical (unpaired) electrons. The quantitative estimate of drug-likeness (QED) is 0.841. The van der Waals surface area contributed by atoms with Crippen LogP contribution < -0.4 is 5.32 Å². The van der Waals surface area contributed by atoms with Crippen molar-refractivity contribution >= 4 is 11.8 Å². The van der Waals surface area contributed by atoms with E-state index in [0.29, 0.717) is 6.04 Å². The summed E-state index contributed by atoms with van der Waals surface area (Å²) < 4.78 is 0. The molecule has 1 atom stereocenters. The van der Waals surface area contributed by atoms with Crippen LogP contribution in [0.5, 0.6) is 0 Å². The Kier molecular flexibility index (Phi) is 3.20. The molecule has 0 spiro atoms. The van der Waals surface area contributed by atoms with Crippen LogP contribution in [0.15, 0.2) is 24.3 Å². The third-order valence-corrected chi connectivity index (χ3v) is 5.04. The fourth-order valence-corrected chi connectivity index (χ4v) is 3.56. The van der Waals surface area contributed by atoms with Crippen LogP contribution in [0, 0.1) is 0 Å². The molecule has 16 heavy (non-hydrogen) atoms. The van der Waals surface area contributed by atoms with E-state index < -0.39 is 0 Å². The second-order valence-corrected chi connectivity index (χ2v) is 5.94. The summed E-state index contributed by atoms with van der Waals surface area (Å²) in [6.45, 7) is 1.19. The van der Waals surface area contributed by atoms with Gasteiger partial charge >= 0.3 is 0 Å². The van der Waals surface area contributed by atoms with Crippen molar-refractivity contribution in [3.63, 3.8) is 0 Å². The molecule has 1 N–H and O–H groups in total. The summed E-state index contributed by atoms with van der Waals surface area (Å²) in [7, 11) is 0. The SMILES string of the molecule is c1ccc(C2CCCCN2)c(C2CSC2)c1. The molecule has 2 aliphatic heterocycles. The highest BCUT2D eigenvalue weighted by atomic mass is 32.2. The minimum absolute atomic E-state index is 0.621. The maximum Gasteiger partial charge on any atom is 0.0323 e. The zero-order valence-electron chi connectivity index (χ0n) is 9.61. The fraction of sp³-hybridized carbons (Fsp3) is 0.571. The molecule has 0 amide bonds. The second-order valence-electron chi connectivity index (χ2n) is 4.87. The first-order valence-corrected chi connectivity index (χ1v) is 7.50. The Hall–Kier alpha value is -0.470. The monoisotopic (exact) mass is 233 g/mol. The normalized spacial score (nSPS) is 26.4. The van der Waals surface area contributed by atoms with E-state index in [9.17, 15) is 0 Å². The van der Waals surface area contributed by atoms with E-state index in [2.05, 4.69) is 41.3 Å². The van der Waals surface area contributed by atoms with Gasteiger partial charge in [0.2, 0.25) is 0 Å². The Morgan fingerprint density at radius 3 is 2.50 bits per heavy atom. The van der Waals surface area contributed by atoms with Gasteiger partial charge in [0, 0.05) is 23.5 Å². The van der Waals surface area contributed by atoms with Crippen molar-refractivity contribution in [1.82, 2.24) is 5.32 Å². The van der Waals surface area contributed by atoms with Crippen molar-refractivity contribution in [3.8, 4) is 0 Å². The van der Waals surface area contributed by atoms with Gasteiger partial charge in [0.25, 0.3) is 0 Å². The molecule has 2 heteroatoms. The smallest absolute Gasteiger partial charge is 0.0323 e. The van der Waals surface area contributed by atoms with Crippen molar-refractivity contribution in [3.05, 3.63) is 35.4 Å². The minimum atomic E-state index is 0.621. The van der Waals surface area contributed by atoms with Crippen molar-refractivity contribution in [1.29, 1.82) is 0 Å². The van der Waals surface area contributed by atoms with Gasteiger partial charge in [0.15, 0.2) is 0 Å². The summed E-state index contributed by atoms with van der Waals surface area (Å²) in [6, 6.07) is 9.69. The maximum absolute atomic E-state index is 3.67. The molecular weight excluding hydrogens is 214 g/mol. The molecule has 86 valence electrons. The number of hydrogen-bond acceptors (Lipinski definition) is 2. The number of hydrogen-bond donors (Lipinski definition) is 1. The van der Waals surface area contributed by atoms with Crippen molar-refractivity contribution in [2.24, 2.45) is 0 Å². The molecule has 1 aromatic carbocycles. The van der Waals surface area contributed by atoms with Gasteiger partial charge in [-0.3, -0.25) is 0 Å². The van der Waals surface area contributed by atoms with Crippen LogP contribution in [0.25, 0.3) is 0 Å². The molecule has 3 rings (SSSR count). The summed E-state index contributed by atoms with van der Waals surface area (Å²) in [5.41, 5.74) is 3.19. The molecule has 0 aromatic heterocycles. The molecule has 2 heterocycles. The predicted molar refractivity (Wildman–Crippen MR) is 71.1 cm³/mol. The molecule has 2 aliphatic rings. The molecule has 1 aromatic rings. The zero-order chi connectivity index (χ0) is 10.8. The lowest BCUT2D eigenvalue weighted by molar-refractivity contribution is 0.409. The van der Waals surface area contributed by atoms with E-state index in [1.807, 2.05) is 0 Å². The van der Waals surface area contributed by atoms with Crippen molar-refractivity contribution in [2.45, 2.75) is 31.2 Å². The molecule has 2 fully saturated rings. The third kappa shape index (κ3) is 2.01. The Morgan fingerprint density at radius 1 is 1.06 bits per heavy atom. The number of nitrogens with one attached hydrogen (secondary N) is 1.